The normalized spacial score (nSPS) is 18.8. The van der Waals surface area contributed by atoms with E-state index in [-0.39, 0.29) is 5.91 Å². The third-order valence-electron chi connectivity index (χ3n) is 4.86. The van der Waals surface area contributed by atoms with E-state index in [1.807, 2.05) is 53.4 Å². The zero-order chi connectivity index (χ0) is 18.6. The fourth-order valence-electron chi connectivity index (χ4n) is 3.60. The number of para-hydroxylation sites is 1. The van der Waals surface area contributed by atoms with Gasteiger partial charge in [-0.1, -0.05) is 50.8 Å². The fraction of sp³-hybridized carbons (Fsp3) is 0.318. The summed E-state index contributed by atoms with van der Waals surface area (Å²) < 4.78 is 5.60. The lowest BCUT2D eigenvalue weighted by molar-refractivity contribution is 0.0483. The van der Waals surface area contributed by atoms with Crippen molar-refractivity contribution in [2.75, 3.05) is 18.5 Å². The first kappa shape index (κ1) is 18.1. The smallest absolute Gasteiger partial charge is 0.258 e. The van der Waals surface area contributed by atoms with E-state index >= 15 is 0 Å². The number of anilines is 1. The molecular weight excluding hydrogens is 324 g/mol. The maximum absolute atomic E-state index is 13.2. The van der Waals surface area contributed by atoms with Crippen molar-refractivity contribution < 1.29 is 9.53 Å². The van der Waals surface area contributed by atoms with Gasteiger partial charge in [0.15, 0.2) is 0 Å². The standard InChI is InChI=1S/C22H26N2O2/c1-4-15-24-21(25)19-9-7-8-10-20(19)23-22(24,6-3)17-11-13-18(14-12-17)26-16-5-2/h5,7-14,23H,2,4,6,15-16H2,1,3H3. The van der Waals surface area contributed by atoms with Gasteiger partial charge in [0.1, 0.15) is 18.0 Å². The molecule has 0 bridgehead atoms. The number of carbonyl (C=O) groups excluding carboxylic acids is 1. The number of amides is 1. The van der Waals surface area contributed by atoms with Crippen molar-refractivity contribution in [3.63, 3.8) is 0 Å². The van der Waals surface area contributed by atoms with Gasteiger partial charge in [0, 0.05) is 12.2 Å². The first-order chi connectivity index (χ1) is 12.7. The van der Waals surface area contributed by atoms with E-state index < -0.39 is 5.66 Å². The number of carbonyl (C=O) groups is 1. The highest BCUT2D eigenvalue weighted by Crippen LogP contribution is 2.40. The van der Waals surface area contributed by atoms with Crippen molar-refractivity contribution >= 4 is 11.6 Å². The third-order valence-corrected chi connectivity index (χ3v) is 4.86. The zero-order valence-electron chi connectivity index (χ0n) is 15.5. The van der Waals surface area contributed by atoms with Crippen LogP contribution in [0.25, 0.3) is 0 Å². The van der Waals surface area contributed by atoms with Crippen LogP contribution in [0.5, 0.6) is 5.75 Å². The van der Waals surface area contributed by atoms with Crippen LogP contribution in [0.4, 0.5) is 5.69 Å². The Hall–Kier alpha value is -2.75. The monoisotopic (exact) mass is 350 g/mol. The Kier molecular flexibility index (Phi) is 5.31. The summed E-state index contributed by atoms with van der Waals surface area (Å²) in [4.78, 5) is 15.2. The predicted molar refractivity (Wildman–Crippen MR) is 105 cm³/mol. The van der Waals surface area contributed by atoms with Crippen LogP contribution in [0.3, 0.4) is 0 Å². The molecule has 2 aromatic carbocycles. The summed E-state index contributed by atoms with van der Waals surface area (Å²) in [5.41, 5.74) is 2.12. The third kappa shape index (κ3) is 3.07. The Morgan fingerprint density at radius 2 is 1.88 bits per heavy atom. The average molecular weight is 350 g/mol. The number of ether oxygens (including phenoxy) is 1. The van der Waals surface area contributed by atoms with Gasteiger partial charge < -0.3 is 15.0 Å². The molecule has 26 heavy (non-hydrogen) atoms. The quantitative estimate of drug-likeness (QED) is 0.730. The zero-order valence-corrected chi connectivity index (χ0v) is 15.5. The van der Waals surface area contributed by atoms with Gasteiger partial charge in [-0.25, -0.2) is 0 Å². The molecule has 0 fully saturated rings. The van der Waals surface area contributed by atoms with E-state index in [1.54, 1.807) is 6.08 Å². The van der Waals surface area contributed by atoms with E-state index in [0.29, 0.717) is 13.2 Å². The van der Waals surface area contributed by atoms with Crippen molar-refractivity contribution in [1.29, 1.82) is 0 Å². The molecule has 0 spiro atoms. The summed E-state index contributed by atoms with van der Waals surface area (Å²) in [5.74, 6) is 0.875. The topological polar surface area (TPSA) is 41.6 Å². The van der Waals surface area contributed by atoms with Crippen LogP contribution in [0.2, 0.25) is 0 Å². The van der Waals surface area contributed by atoms with Crippen LogP contribution in [-0.4, -0.2) is 24.0 Å². The van der Waals surface area contributed by atoms with Gasteiger partial charge in [-0.05, 0) is 42.7 Å². The molecule has 0 saturated heterocycles. The number of hydrogen-bond acceptors (Lipinski definition) is 3. The Morgan fingerprint density at radius 3 is 2.54 bits per heavy atom. The predicted octanol–water partition coefficient (Wildman–Crippen LogP) is 4.79. The molecule has 1 aliphatic rings. The summed E-state index contributed by atoms with van der Waals surface area (Å²) in [5, 5.41) is 3.65. The van der Waals surface area contributed by atoms with Crippen LogP contribution in [-0.2, 0) is 5.66 Å². The van der Waals surface area contributed by atoms with Gasteiger partial charge in [0.25, 0.3) is 5.91 Å². The average Bonchev–Trinajstić information content (AvgIpc) is 2.69. The van der Waals surface area contributed by atoms with Crippen LogP contribution >= 0.6 is 0 Å². The summed E-state index contributed by atoms with van der Waals surface area (Å²) >= 11 is 0. The molecule has 1 amide bonds. The van der Waals surface area contributed by atoms with Gasteiger partial charge in [-0.2, -0.15) is 0 Å². The minimum atomic E-state index is -0.557. The fourth-order valence-corrected chi connectivity index (χ4v) is 3.60. The molecule has 4 nitrogen and oxygen atoms in total. The molecule has 136 valence electrons. The Balaban J connectivity index is 2.04. The summed E-state index contributed by atoms with van der Waals surface area (Å²) in [6.07, 6.45) is 3.39. The second-order valence-corrected chi connectivity index (χ2v) is 6.47. The lowest BCUT2D eigenvalue weighted by atomic mass is 9.89. The van der Waals surface area contributed by atoms with Crippen LogP contribution in [0.1, 0.15) is 42.6 Å². The highest BCUT2D eigenvalue weighted by molar-refractivity contribution is 6.02. The van der Waals surface area contributed by atoms with Crippen molar-refractivity contribution in [2.45, 2.75) is 32.4 Å². The molecule has 0 aromatic heterocycles. The van der Waals surface area contributed by atoms with Gasteiger partial charge in [0.05, 0.1) is 5.56 Å². The van der Waals surface area contributed by atoms with Gasteiger partial charge >= 0.3 is 0 Å². The molecule has 4 heteroatoms. The highest BCUT2D eigenvalue weighted by Gasteiger charge is 2.44. The lowest BCUT2D eigenvalue weighted by Gasteiger charge is -2.48. The molecule has 1 unspecified atom stereocenters. The number of fused-ring (bicyclic) bond motifs is 1. The van der Waals surface area contributed by atoms with E-state index in [1.165, 1.54) is 0 Å². The lowest BCUT2D eigenvalue weighted by Crippen LogP contribution is -2.57. The van der Waals surface area contributed by atoms with E-state index in [0.717, 1.165) is 35.4 Å². The highest BCUT2D eigenvalue weighted by atomic mass is 16.5. The number of rotatable bonds is 7. The number of benzene rings is 2. The van der Waals surface area contributed by atoms with Gasteiger partial charge in [-0.3, -0.25) is 4.79 Å². The summed E-state index contributed by atoms with van der Waals surface area (Å²) in [7, 11) is 0. The SMILES string of the molecule is C=CCOc1ccc(C2(CC)Nc3ccccc3C(=O)N2CCC)cc1. The minimum absolute atomic E-state index is 0.0787. The first-order valence-corrected chi connectivity index (χ1v) is 9.19. The molecule has 3 rings (SSSR count). The van der Waals surface area contributed by atoms with E-state index in [4.69, 9.17) is 4.74 Å². The molecule has 0 radical (unpaired) electrons. The van der Waals surface area contributed by atoms with E-state index in [2.05, 4.69) is 25.7 Å². The number of nitrogens with zero attached hydrogens (tertiary/aromatic N) is 1. The van der Waals surface area contributed by atoms with Crippen molar-refractivity contribution in [2.24, 2.45) is 0 Å². The Labute approximate surface area is 155 Å². The largest absolute Gasteiger partial charge is 0.490 e. The van der Waals surface area contributed by atoms with Crippen molar-refractivity contribution in [3.8, 4) is 5.75 Å². The van der Waals surface area contributed by atoms with Gasteiger partial charge in [-0.15, -0.1) is 0 Å². The second kappa shape index (κ2) is 7.65. The molecular formula is C22H26N2O2. The summed E-state index contributed by atoms with van der Waals surface area (Å²) in [6, 6.07) is 15.7. The van der Waals surface area contributed by atoms with Crippen molar-refractivity contribution in [3.05, 3.63) is 72.3 Å². The Morgan fingerprint density at radius 1 is 1.15 bits per heavy atom. The molecule has 1 heterocycles. The molecule has 1 aliphatic heterocycles. The van der Waals surface area contributed by atoms with Crippen LogP contribution in [0, 0.1) is 0 Å². The molecule has 1 atom stereocenters. The molecule has 0 saturated carbocycles. The maximum atomic E-state index is 13.2. The molecule has 0 aliphatic carbocycles. The van der Waals surface area contributed by atoms with E-state index in [9.17, 15) is 4.79 Å². The first-order valence-electron chi connectivity index (χ1n) is 9.19. The number of hydrogen-bond donors (Lipinski definition) is 1. The number of nitrogens with one attached hydrogen (secondary N) is 1. The second-order valence-electron chi connectivity index (χ2n) is 6.47. The minimum Gasteiger partial charge on any atom is -0.490 e. The van der Waals surface area contributed by atoms with Crippen molar-refractivity contribution in [1.82, 2.24) is 4.90 Å². The van der Waals surface area contributed by atoms with Crippen LogP contribution < -0.4 is 10.1 Å². The summed E-state index contributed by atoms with van der Waals surface area (Å²) in [6.45, 7) is 9.05. The molecule has 2 aromatic rings. The molecule has 1 N–H and O–H groups in total. The van der Waals surface area contributed by atoms with Crippen LogP contribution in [0.15, 0.2) is 61.2 Å². The Bertz CT molecular complexity index is 785. The van der Waals surface area contributed by atoms with Gasteiger partial charge in [0.2, 0.25) is 0 Å². The maximum Gasteiger partial charge on any atom is 0.258 e.